The maximum Gasteiger partial charge on any atom is 0.269 e. The van der Waals surface area contributed by atoms with Gasteiger partial charge in [-0.3, -0.25) is 10.1 Å². The molecule has 25 heavy (non-hydrogen) atoms. The van der Waals surface area contributed by atoms with E-state index in [1.54, 1.807) is 12.1 Å². The van der Waals surface area contributed by atoms with Crippen molar-refractivity contribution in [3.63, 3.8) is 0 Å². The summed E-state index contributed by atoms with van der Waals surface area (Å²) in [6, 6.07) is 17.7. The Kier molecular flexibility index (Phi) is 5.36. The molecule has 0 bridgehead atoms. The molecule has 134 valence electrons. The Morgan fingerprint density at radius 3 is 1.52 bits per heavy atom. The van der Waals surface area contributed by atoms with E-state index in [2.05, 4.69) is 65.8 Å². The zero-order chi connectivity index (χ0) is 18.8. The Morgan fingerprint density at radius 2 is 1.16 bits per heavy atom. The molecule has 0 N–H and O–H groups in total. The molecule has 0 unspecified atom stereocenters. The van der Waals surface area contributed by atoms with E-state index < -0.39 is 0 Å². The number of benzene rings is 2. The summed E-state index contributed by atoms with van der Waals surface area (Å²) >= 11 is 0. The summed E-state index contributed by atoms with van der Waals surface area (Å²) in [7, 11) is 0. The lowest BCUT2D eigenvalue weighted by molar-refractivity contribution is -0.384. The van der Waals surface area contributed by atoms with Gasteiger partial charge in [-0.25, -0.2) is 0 Å². The van der Waals surface area contributed by atoms with Gasteiger partial charge in [-0.2, -0.15) is 0 Å². The number of hydrogen-bond acceptors (Lipinski definition) is 2. The van der Waals surface area contributed by atoms with Crippen LogP contribution in [0.25, 0.3) is 0 Å². The number of non-ortho nitro benzene ring substituents is 1. The summed E-state index contributed by atoms with van der Waals surface area (Å²) < 4.78 is 0. The van der Waals surface area contributed by atoms with Gasteiger partial charge < -0.3 is 0 Å². The molecule has 0 fully saturated rings. The minimum absolute atomic E-state index is 0.113. The van der Waals surface area contributed by atoms with Crippen molar-refractivity contribution < 1.29 is 4.92 Å². The second kappa shape index (κ2) is 6.99. The average Bonchev–Trinajstić information content (AvgIpc) is 2.60. The second-order valence-electron chi connectivity index (χ2n) is 7.88. The van der Waals surface area contributed by atoms with Crippen LogP contribution in [0.4, 0.5) is 5.69 Å². The lowest BCUT2D eigenvalue weighted by Crippen LogP contribution is -2.52. The van der Waals surface area contributed by atoms with Gasteiger partial charge in [0.2, 0.25) is 0 Å². The summed E-state index contributed by atoms with van der Waals surface area (Å²) in [5.74, 6) is 0.763. The monoisotopic (exact) mass is 339 g/mol. The van der Waals surface area contributed by atoms with Crippen molar-refractivity contribution in [2.75, 3.05) is 0 Å². The lowest BCUT2D eigenvalue weighted by Gasteiger charge is -2.53. The number of rotatable bonds is 6. The van der Waals surface area contributed by atoms with Crippen LogP contribution in [0.5, 0.6) is 0 Å². The molecular formula is C22H29NO2. The highest BCUT2D eigenvalue weighted by Gasteiger charge is 2.50. The van der Waals surface area contributed by atoms with Crippen LogP contribution in [0.1, 0.15) is 52.7 Å². The molecule has 0 aliphatic carbocycles. The molecule has 0 aliphatic rings. The van der Waals surface area contributed by atoms with E-state index in [9.17, 15) is 10.1 Å². The minimum atomic E-state index is -0.338. The molecule has 0 spiro atoms. The van der Waals surface area contributed by atoms with Gasteiger partial charge in [-0.1, -0.05) is 84.0 Å². The molecule has 3 nitrogen and oxygen atoms in total. The molecule has 2 aromatic rings. The Morgan fingerprint density at radius 1 is 0.760 bits per heavy atom. The molecule has 0 radical (unpaired) electrons. The van der Waals surface area contributed by atoms with Crippen molar-refractivity contribution in [3.8, 4) is 0 Å². The maximum absolute atomic E-state index is 11.0. The fourth-order valence-corrected chi connectivity index (χ4v) is 4.18. The lowest BCUT2D eigenvalue weighted by atomic mass is 9.50. The number of nitro benzene ring substituents is 1. The van der Waals surface area contributed by atoms with Gasteiger partial charge in [-0.15, -0.1) is 0 Å². The van der Waals surface area contributed by atoms with E-state index in [4.69, 9.17) is 0 Å². The predicted molar refractivity (Wildman–Crippen MR) is 104 cm³/mol. The summed E-state index contributed by atoms with van der Waals surface area (Å²) in [4.78, 5) is 10.7. The van der Waals surface area contributed by atoms with Crippen LogP contribution in [-0.2, 0) is 10.8 Å². The first-order chi connectivity index (χ1) is 11.7. The third kappa shape index (κ3) is 3.08. The zero-order valence-corrected chi connectivity index (χ0v) is 16.1. The van der Waals surface area contributed by atoms with Crippen LogP contribution >= 0.6 is 0 Å². The number of nitrogens with zero attached hydrogens (tertiary/aromatic N) is 1. The van der Waals surface area contributed by atoms with Crippen LogP contribution in [0.2, 0.25) is 0 Å². The normalized spacial score (nSPS) is 16.5. The van der Waals surface area contributed by atoms with Crippen LogP contribution in [0, 0.1) is 22.0 Å². The minimum Gasteiger partial charge on any atom is -0.258 e. The van der Waals surface area contributed by atoms with E-state index in [0.29, 0.717) is 11.8 Å². The second-order valence-corrected chi connectivity index (χ2v) is 7.88. The molecule has 0 saturated carbocycles. The van der Waals surface area contributed by atoms with Crippen molar-refractivity contribution in [1.82, 2.24) is 0 Å². The number of nitro groups is 1. The molecule has 2 rings (SSSR count). The molecule has 0 aliphatic heterocycles. The van der Waals surface area contributed by atoms with Gasteiger partial charge >= 0.3 is 0 Å². The Balaban J connectivity index is 2.69. The molecule has 0 heterocycles. The van der Waals surface area contributed by atoms with Crippen LogP contribution < -0.4 is 0 Å². The maximum atomic E-state index is 11.0. The molecule has 0 amide bonds. The first-order valence-corrected chi connectivity index (χ1v) is 8.96. The largest absolute Gasteiger partial charge is 0.269 e. The van der Waals surface area contributed by atoms with Crippen molar-refractivity contribution in [3.05, 3.63) is 75.8 Å². The van der Waals surface area contributed by atoms with Gasteiger partial charge in [0.1, 0.15) is 0 Å². The van der Waals surface area contributed by atoms with E-state index in [1.807, 2.05) is 18.2 Å². The third-order valence-corrected chi connectivity index (χ3v) is 6.44. The van der Waals surface area contributed by atoms with Crippen molar-refractivity contribution >= 4 is 5.69 Å². The highest BCUT2D eigenvalue weighted by molar-refractivity contribution is 5.42. The van der Waals surface area contributed by atoms with Crippen molar-refractivity contribution in [1.29, 1.82) is 0 Å². The molecule has 2 aromatic carbocycles. The first-order valence-electron chi connectivity index (χ1n) is 8.96. The molecule has 0 aromatic heterocycles. The van der Waals surface area contributed by atoms with Gasteiger partial charge in [0.05, 0.1) is 4.92 Å². The number of hydrogen-bond donors (Lipinski definition) is 0. The fourth-order valence-electron chi connectivity index (χ4n) is 4.18. The Hall–Kier alpha value is -2.16. The van der Waals surface area contributed by atoms with E-state index in [1.165, 1.54) is 5.56 Å². The first kappa shape index (κ1) is 19.2. The Bertz CT molecular complexity index is 721. The standard InChI is InChI=1S/C22H29NO2/c1-16(2)21(5,18-10-8-7-9-11-18)22(6,17(3)4)19-12-14-20(15-13-19)23(24)25/h7-17H,1-6H3/t21-,22+/m1/s1. The van der Waals surface area contributed by atoms with Crippen LogP contribution in [0.3, 0.4) is 0 Å². The SMILES string of the molecule is CC(C)[C@](C)(c1ccccc1)[C@](C)(c1ccc([N+](=O)[O-])cc1)C(C)C. The summed E-state index contributed by atoms with van der Waals surface area (Å²) in [5, 5.41) is 11.0. The molecular weight excluding hydrogens is 310 g/mol. The molecule has 3 heteroatoms. The molecule has 2 atom stereocenters. The van der Waals surface area contributed by atoms with Crippen molar-refractivity contribution in [2.24, 2.45) is 11.8 Å². The van der Waals surface area contributed by atoms with Gasteiger partial charge in [0, 0.05) is 23.0 Å². The zero-order valence-electron chi connectivity index (χ0n) is 16.1. The van der Waals surface area contributed by atoms with Gasteiger partial charge in [0.15, 0.2) is 0 Å². The summed E-state index contributed by atoms with van der Waals surface area (Å²) in [5.41, 5.74) is 2.31. The topological polar surface area (TPSA) is 43.1 Å². The Labute approximate surface area is 151 Å². The van der Waals surface area contributed by atoms with E-state index >= 15 is 0 Å². The predicted octanol–water partition coefficient (Wildman–Crippen LogP) is 6.12. The van der Waals surface area contributed by atoms with E-state index in [-0.39, 0.29) is 21.4 Å². The average molecular weight is 339 g/mol. The van der Waals surface area contributed by atoms with E-state index in [0.717, 1.165) is 5.56 Å². The summed E-state index contributed by atoms with van der Waals surface area (Å²) in [6.45, 7) is 13.6. The quantitative estimate of drug-likeness (QED) is 0.470. The van der Waals surface area contributed by atoms with Crippen molar-refractivity contribution in [2.45, 2.75) is 52.4 Å². The van der Waals surface area contributed by atoms with Crippen LogP contribution in [-0.4, -0.2) is 4.92 Å². The van der Waals surface area contributed by atoms with Gasteiger partial charge in [0.25, 0.3) is 5.69 Å². The third-order valence-electron chi connectivity index (χ3n) is 6.44. The van der Waals surface area contributed by atoms with Crippen LogP contribution in [0.15, 0.2) is 54.6 Å². The fraction of sp³-hybridized carbons (Fsp3) is 0.455. The smallest absolute Gasteiger partial charge is 0.258 e. The highest BCUT2D eigenvalue weighted by atomic mass is 16.6. The summed E-state index contributed by atoms with van der Waals surface area (Å²) in [6.07, 6.45) is 0. The molecule has 0 saturated heterocycles. The highest BCUT2D eigenvalue weighted by Crippen LogP contribution is 2.53. The van der Waals surface area contributed by atoms with Gasteiger partial charge in [-0.05, 0) is 23.0 Å².